The molecule has 3 aromatic rings. The Morgan fingerprint density at radius 3 is 2.74 bits per heavy atom. The van der Waals surface area contributed by atoms with Gasteiger partial charge < -0.3 is 4.90 Å². The average molecular weight is 473 g/mol. The zero-order chi connectivity index (χ0) is 22.6. The Morgan fingerprint density at radius 1 is 1.32 bits per heavy atom. The first-order valence-electron chi connectivity index (χ1n) is 9.78. The van der Waals surface area contributed by atoms with Gasteiger partial charge in [-0.15, -0.1) is 0 Å². The highest BCUT2D eigenvalue weighted by molar-refractivity contribution is 7.91. The molecule has 0 spiro atoms. The van der Waals surface area contributed by atoms with Gasteiger partial charge >= 0.3 is 6.18 Å². The molecule has 1 aliphatic heterocycles. The van der Waals surface area contributed by atoms with Gasteiger partial charge in [0.1, 0.15) is 16.4 Å². The van der Waals surface area contributed by atoms with Crippen LogP contribution >= 0.6 is 11.3 Å². The van der Waals surface area contributed by atoms with E-state index in [0.29, 0.717) is 40.3 Å². The van der Waals surface area contributed by atoms with Crippen molar-refractivity contribution in [1.82, 2.24) is 19.4 Å². The Labute approximate surface area is 182 Å². The third-order valence-corrected chi connectivity index (χ3v) is 7.68. The summed E-state index contributed by atoms with van der Waals surface area (Å²) >= 11 is 0.574. The van der Waals surface area contributed by atoms with Crippen LogP contribution in [0.2, 0.25) is 0 Å². The van der Waals surface area contributed by atoms with Gasteiger partial charge in [0.2, 0.25) is 0 Å². The van der Waals surface area contributed by atoms with Crippen LogP contribution in [0.25, 0.3) is 16.5 Å². The summed E-state index contributed by atoms with van der Waals surface area (Å²) < 4.78 is 60.5. The van der Waals surface area contributed by atoms with Crippen molar-refractivity contribution in [3.8, 4) is 11.5 Å². The van der Waals surface area contributed by atoms with Crippen molar-refractivity contribution in [3.05, 3.63) is 29.5 Å². The minimum atomic E-state index is -4.43. The molecular formula is C19H23F3N6OS2. The summed E-state index contributed by atoms with van der Waals surface area (Å²) in [6.45, 7) is 4.89. The summed E-state index contributed by atoms with van der Waals surface area (Å²) in [5, 5.41) is 0. The molecule has 7 nitrogen and oxygen atoms in total. The van der Waals surface area contributed by atoms with Crippen molar-refractivity contribution in [3.63, 3.8) is 0 Å². The number of piperidine rings is 1. The predicted octanol–water partition coefficient (Wildman–Crippen LogP) is 4.40. The van der Waals surface area contributed by atoms with E-state index in [4.69, 9.17) is 4.78 Å². The lowest BCUT2D eigenvalue weighted by Gasteiger charge is -2.43. The summed E-state index contributed by atoms with van der Waals surface area (Å²) in [7, 11) is -2.63. The fourth-order valence-corrected chi connectivity index (χ4v) is 6.23. The van der Waals surface area contributed by atoms with Crippen LogP contribution in [0.4, 0.5) is 19.0 Å². The number of imidazole rings is 1. The summed E-state index contributed by atoms with van der Waals surface area (Å²) in [5.74, 6) is 1.69. The summed E-state index contributed by atoms with van der Waals surface area (Å²) in [5.41, 5.74) is 0.389. The van der Waals surface area contributed by atoms with Gasteiger partial charge in [-0.2, -0.15) is 13.2 Å². The molecule has 12 heteroatoms. The highest BCUT2D eigenvalue weighted by Crippen LogP contribution is 2.36. The fourth-order valence-electron chi connectivity index (χ4n) is 4.18. The molecule has 0 radical (unpaired) electrons. The number of nitrogens with one attached hydrogen (secondary N) is 1. The largest absolute Gasteiger partial charge is 0.427 e. The predicted molar refractivity (Wildman–Crippen MR) is 115 cm³/mol. The third kappa shape index (κ3) is 4.54. The number of anilines is 1. The normalized spacial score (nSPS) is 24.5. The van der Waals surface area contributed by atoms with Crippen molar-refractivity contribution in [2.75, 3.05) is 23.5 Å². The Hall–Kier alpha value is -2.21. The highest BCUT2D eigenvalue weighted by atomic mass is 32.2. The molecule has 31 heavy (non-hydrogen) atoms. The van der Waals surface area contributed by atoms with E-state index in [-0.39, 0.29) is 16.9 Å². The Morgan fingerprint density at radius 2 is 2.06 bits per heavy atom. The fraction of sp³-hybridized carbons (Fsp3) is 0.526. The molecule has 4 unspecified atom stereocenters. The summed E-state index contributed by atoms with van der Waals surface area (Å²) in [6, 6.07) is 1.79. The van der Waals surface area contributed by atoms with Crippen molar-refractivity contribution >= 4 is 31.8 Å². The second kappa shape index (κ2) is 7.73. The number of hydrogen-bond donors (Lipinski definition) is 1. The molecule has 4 heterocycles. The lowest BCUT2D eigenvalue weighted by atomic mass is 9.86. The standard InChI is InChI=1S/C19H23F3N6OS2/c1-11-6-13(10-31(3,23)29)12(2)27(8-11)16-4-5-24-17(26-16)14-7-25-18-28(14)9-15(30-18)19(20,21)22/h4-5,7,9,11-13,23H,6,8,10H2,1-3H3. The van der Waals surface area contributed by atoms with Gasteiger partial charge in [-0.3, -0.25) is 13.4 Å². The number of aromatic nitrogens is 4. The Balaban J connectivity index is 1.68. The van der Waals surface area contributed by atoms with Gasteiger partial charge in [0.05, 0.1) is 6.20 Å². The van der Waals surface area contributed by atoms with Gasteiger partial charge in [0, 0.05) is 46.7 Å². The SMILES string of the molecule is CC1CC(CS(C)(=N)=O)C(C)N(c2ccnc(-c3cnc4sc(C(F)(F)F)cn34)n2)C1. The van der Waals surface area contributed by atoms with Crippen LogP contribution in [0.1, 0.15) is 25.1 Å². The maximum Gasteiger partial charge on any atom is 0.427 e. The zero-order valence-corrected chi connectivity index (χ0v) is 18.9. The van der Waals surface area contributed by atoms with Crippen LogP contribution in [0.3, 0.4) is 0 Å². The molecule has 1 N–H and O–H groups in total. The van der Waals surface area contributed by atoms with E-state index in [1.54, 1.807) is 12.3 Å². The number of thiazole rings is 1. The lowest BCUT2D eigenvalue weighted by Crippen LogP contribution is -2.49. The molecule has 4 atom stereocenters. The first kappa shape index (κ1) is 22.0. The van der Waals surface area contributed by atoms with E-state index in [1.807, 2.05) is 6.92 Å². The average Bonchev–Trinajstić information content (AvgIpc) is 3.24. The molecule has 0 amide bonds. The van der Waals surface area contributed by atoms with Crippen molar-refractivity contribution < 1.29 is 17.4 Å². The van der Waals surface area contributed by atoms with Gasteiger partial charge in [-0.1, -0.05) is 18.3 Å². The zero-order valence-electron chi connectivity index (χ0n) is 17.3. The molecule has 0 aliphatic carbocycles. The smallest absolute Gasteiger partial charge is 0.353 e. The number of alkyl halides is 3. The van der Waals surface area contributed by atoms with Crippen LogP contribution in [-0.2, 0) is 15.9 Å². The van der Waals surface area contributed by atoms with E-state index in [2.05, 4.69) is 26.8 Å². The third-order valence-electron chi connectivity index (χ3n) is 5.57. The van der Waals surface area contributed by atoms with E-state index < -0.39 is 20.8 Å². The maximum atomic E-state index is 13.1. The molecule has 0 saturated carbocycles. The second-order valence-electron chi connectivity index (χ2n) is 8.29. The van der Waals surface area contributed by atoms with E-state index in [0.717, 1.165) is 19.2 Å². The molecule has 1 saturated heterocycles. The number of fused-ring (bicyclic) bond motifs is 1. The van der Waals surface area contributed by atoms with Crippen molar-refractivity contribution in [1.29, 1.82) is 4.78 Å². The maximum absolute atomic E-state index is 13.1. The van der Waals surface area contributed by atoms with Crippen molar-refractivity contribution in [2.24, 2.45) is 11.8 Å². The molecule has 1 fully saturated rings. The molecule has 3 aromatic heterocycles. The number of rotatable bonds is 4. The minimum Gasteiger partial charge on any atom is -0.353 e. The number of nitrogens with zero attached hydrogens (tertiary/aromatic N) is 5. The van der Waals surface area contributed by atoms with E-state index in [9.17, 15) is 17.4 Å². The van der Waals surface area contributed by atoms with E-state index >= 15 is 0 Å². The molecule has 1 aliphatic rings. The number of halogens is 3. The first-order valence-corrected chi connectivity index (χ1v) is 12.7. The van der Waals surface area contributed by atoms with Gasteiger partial charge in [0.25, 0.3) is 0 Å². The topological polar surface area (TPSA) is 87.2 Å². The molecule has 168 valence electrons. The summed E-state index contributed by atoms with van der Waals surface area (Å²) in [6.07, 6.45) is 2.00. The number of hydrogen-bond acceptors (Lipinski definition) is 7. The highest BCUT2D eigenvalue weighted by Gasteiger charge is 2.35. The molecule has 4 rings (SSSR count). The van der Waals surface area contributed by atoms with Crippen molar-refractivity contribution in [2.45, 2.75) is 32.5 Å². The van der Waals surface area contributed by atoms with Crippen LogP contribution in [-0.4, -0.2) is 48.2 Å². The quantitative estimate of drug-likeness (QED) is 0.608. The second-order valence-corrected chi connectivity index (χ2v) is 11.6. The van der Waals surface area contributed by atoms with Gasteiger partial charge in [-0.05, 0) is 31.2 Å². The molecule has 0 bridgehead atoms. The van der Waals surface area contributed by atoms with E-state index in [1.165, 1.54) is 16.9 Å². The van der Waals surface area contributed by atoms with Crippen LogP contribution < -0.4 is 4.90 Å². The monoisotopic (exact) mass is 472 g/mol. The summed E-state index contributed by atoms with van der Waals surface area (Å²) in [4.78, 5) is 14.6. The first-order chi connectivity index (χ1) is 14.4. The van der Waals surface area contributed by atoms with Gasteiger partial charge in [0.15, 0.2) is 10.8 Å². The lowest BCUT2D eigenvalue weighted by molar-refractivity contribution is -0.134. The van der Waals surface area contributed by atoms with Crippen LogP contribution in [0, 0.1) is 16.6 Å². The molecule has 0 aromatic carbocycles. The molecular weight excluding hydrogens is 449 g/mol. The Kier molecular flexibility index (Phi) is 5.49. The van der Waals surface area contributed by atoms with Gasteiger partial charge in [-0.25, -0.2) is 15.0 Å². The Bertz CT molecular complexity index is 1200. The van der Waals surface area contributed by atoms with Crippen LogP contribution in [0.15, 0.2) is 24.7 Å². The van der Waals surface area contributed by atoms with Crippen LogP contribution in [0.5, 0.6) is 0 Å². The minimum absolute atomic E-state index is 0.0218.